The molecule has 0 aromatic carbocycles. The molecule has 0 spiro atoms. The first-order valence-corrected chi connectivity index (χ1v) is 8.04. The molecular weight excluding hydrogens is 308 g/mol. The number of nitrogens with zero attached hydrogens (tertiary/aromatic N) is 4. The Kier molecular flexibility index (Phi) is 6.51. The fourth-order valence-electron chi connectivity index (χ4n) is 2.51. The van der Waals surface area contributed by atoms with E-state index in [1.807, 2.05) is 16.7 Å². The topological polar surface area (TPSA) is 101 Å². The number of urea groups is 1. The quantitative estimate of drug-likeness (QED) is 0.806. The number of hydrogen-bond donors (Lipinski definition) is 2. The summed E-state index contributed by atoms with van der Waals surface area (Å²) in [5, 5.41) is 14.1. The lowest BCUT2D eigenvalue weighted by Crippen LogP contribution is -2.51. The molecule has 2 heterocycles. The number of imide groups is 1. The van der Waals surface area contributed by atoms with E-state index < -0.39 is 6.03 Å². The monoisotopic (exact) mass is 330 g/mol. The molecular formula is C16H22N6O2. The summed E-state index contributed by atoms with van der Waals surface area (Å²) in [6, 6.07) is 5.19. The van der Waals surface area contributed by atoms with Crippen molar-refractivity contribution in [2.75, 3.05) is 44.2 Å². The zero-order valence-corrected chi connectivity index (χ0v) is 13.8. The molecule has 2 rings (SSSR count). The van der Waals surface area contributed by atoms with Crippen LogP contribution in [-0.4, -0.2) is 61.1 Å². The Hall–Kier alpha value is -2.66. The highest BCUT2D eigenvalue weighted by molar-refractivity contribution is 5.95. The predicted octanol–water partition coefficient (Wildman–Crippen LogP) is 0.311. The van der Waals surface area contributed by atoms with Crippen LogP contribution in [0.25, 0.3) is 0 Å². The van der Waals surface area contributed by atoms with Crippen molar-refractivity contribution in [3.63, 3.8) is 0 Å². The van der Waals surface area contributed by atoms with Gasteiger partial charge in [0.15, 0.2) is 0 Å². The predicted molar refractivity (Wildman–Crippen MR) is 89.4 cm³/mol. The van der Waals surface area contributed by atoms with Crippen molar-refractivity contribution in [2.24, 2.45) is 0 Å². The van der Waals surface area contributed by atoms with Crippen LogP contribution >= 0.6 is 0 Å². The van der Waals surface area contributed by atoms with Crippen LogP contribution < -0.4 is 15.5 Å². The lowest BCUT2D eigenvalue weighted by molar-refractivity contribution is -0.121. The molecule has 1 fully saturated rings. The third-order valence-corrected chi connectivity index (χ3v) is 3.73. The minimum atomic E-state index is -0.451. The lowest BCUT2D eigenvalue weighted by atomic mass is 10.2. The van der Waals surface area contributed by atoms with Crippen molar-refractivity contribution in [3.05, 3.63) is 23.9 Å². The van der Waals surface area contributed by atoms with Gasteiger partial charge >= 0.3 is 6.03 Å². The van der Waals surface area contributed by atoms with Gasteiger partial charge in [-0.15, -0.1) is 0 Å². The smallest absolute Gasteiger partial charge is 0.321 e. The van der Waals surface area contributed by atoms with E-state index in [-0.39, 0.29) is 12.5 Å². The highest BCUT2D eigenvalue weighted by Gasteiger charge is 2.22. The SMILES string of the molecule is CCCNC(=O)NC(=O)CN1CCN(c2ncccc2C#N)CC1. The summed E-state index contributed by atoms with van der Waals surface area (Å²) in [5.74, 6) is 0.371. The van der Waals surface area contributed by atoms with Crippen LogP contribution in [0.4, 0.5) is 10.6 Å². The molecule has 2 N–H and O–H groups in total. The van der Waals surface area contributed by atoms with E-state index in [2.05, 4.69) is 21.7 Å². The highest BCUT2D eigenvalue weighted by atomic mass is 16.2. The number of aromatic nitrogens is 1. The second-order valence-electron chi connectivity index (χ2n) is 5.55. The van der Waals surface area contributed by atoms with Gasteiger partial charge in [-0.1, -0.05) is 6.92 Å². The molecule has 24 heavy (non-hydrogen) atoms. The van der Waals surface area contributed by atoms with Gasteiger partial charge in [-0.2, -0.15) is 5.26 Å². The third-order valence-electron chi connectivity index (χ3n) is 3.73. The number of rotatable bonds is 5. The third kappa shape index (κ3) is 4.93. The Balaban J connectivity index is 1.80. The molecule has 1 aromatic heterocycles. The van der Waals surface area contributed by atoms with Gasteiger partial charge in [-0.3, -0.25) is 15.0 Å². The molecule has 1 aliphatic heterocycles. The minimum absolute atomic E-state index is 0.181. The molecule has 8 heteroatoms. The second kappa shape index (κ2) is 8.84. The summed E-state index contributed by atoms with van der Waals surface area (Å²) < 4.78 is 0. The van der Waals surface area contributed by atoms with Crippen LogP contribution in [0.1, 0.15) is 18.9 Å². The maximum absolute atomic E-state index is 11.9. The summed E-state index contributed by atoms with van der Waals surface area (Å²) in [5.41, 5.74) is 0.552. The Morgan fingerprint density at radius 1 is 1.33 bits per heavy atom. The molecule has 0 unspecified atom stereocenters. The molecule has 1 saturated heterocycles. The van der Waals surface area contributed by atoms with Crippen molar-refractivity contribution < 1.29 is 9.59 Å². The van der Waals surface area contributed by atoms with Gasteiger partial charge in [-0.25, -0.2) is 9.78 Å². The zero-order chi connectivity index (χ0) is 17.4. The van der Waals surface area contributed by atoms with Crippen LogP contribution in [-0.2, 0) is 4.79 Å². The minimum Gasteiger partial charge on any atom is -0.353 e. The van der Waals surface area contributed by atoms with Gasteiger partial charge in [0, 0.05) is 38.9 Å². The van der Waals surface area contributed by atoms with Crippen molar-refractivity contribution in [2.45, 2.75) is 13.3 Å². The normalized spacial score (nSPS) is 14.8. The first kappa shape index (κ1) is 17.7. The summed E-state index contributed by atoms with van der Waals surface area (Å²) >= 11 is 0. The largest absolute Gasteiger partial charge is 0.353 e. The maximum Gasteiger partial charge on any atom is 0.321 e. The first-order valence-electron chi connectivity index (χ1n) is 8.04. The summed E-state index contributed by atoms with van der Waals surface area (Å²) in [6.45, 7) is 5.38. The molecule has 128 valence electrons. The van der Waals surface area contributed by atoms with E-state index in [1.54, 1.807) is 18.3 Å². The summed E-state index contributed by atoms with van der Waals surface area (Å²) in [4.78, 5) is 31.6. The Morgan fingerprint density at radius 2 is 2.08 bits per heavy atom. The van der Waals surface area contributed by atoms with Crippen LogP contribution in [0.3, 0.4) is 0 Å². The van der Waals surface area contributed by atoms with E-state index in [1.165, 1.54) is 0 Å². The van der Waals surface area contributed by atoms with Crippen molar-refractivity contribution in [1.82, 2.24) is 20.5 Å². The molecule has 0 bridgehead atoms. The lowest BCUT2D eigenvalue weighted by Gasteiger charge is -2.35. The first-order chi connectivity index (χ1) is 11.6. The standard InChI is InChI=1S/C16H22N6O2/c1-2-5-19-16(24)20-14(23)12-21-7-9-22(10-8-21)15-13(11-17)4-3-6-18-15/h3-4,6H,2,5,7-10,12H2,1H3,(H2,19,20,23,24). The number of carbonyl (C=O) groups is 2. The van der Waals surface area contributed by atoms with Gasteiger partial charge in [-0.05, 0) is 18.6 Å². The van der Waals surface area contributed by atoms with Crippen LogP contribution in [0.15, 0.2) is 18.3 Å². The second-order valence-corrected chi connectivity index (χ2v) is 5.55. The van der Waals surface area contributed by atoms with Crippen LogP contribution in [0, 0.1) is 11.3 Å². The van der Waals surface area contributed by atoms with Crippen LogP contribution in [0.5, 0.6) is 0 Å². The van der Waals surface area contributed by atoms with Crippen molar-refractivity contribution in [1.29, 1.82) is 5.26 Å². The number of nitriles is 1. The van der Waals surface area contributed by atoms with Crippen LogP contribution in [0.2, 0.25) is 0 Å². The van der Waals surface area contributed by atoms with Gasteiger partial charge in [0.05, 0.1) is 12.1 Å². The molecule has 0 atom stereocenters. The van der Waals surface area contributed by atoms with E-state index >= 15 is 0 Å². The Morgan fingerprint density at radius 3 is 2.75 bits per heavy atom. The van der Waals surface area contributed by atoms with Crippen molar-refractivity contribution in [3.8, 4) is 6.07 Å². The van der Waals surface area contributed by atoms with Gasteiger partial charge in [0.1, 0.15) is 11.9 Å². The number of hydrogen-bond acceptors (Lipinski definition) is 6. The summed E-state index contributed by atoms with van der Waals surface area (Å²) in [6.07, 6.45) is 2.49. The average molecular weight is 330 g/mol. The van der Waals surface area contributed by atoms with E-state index in [4.69, 9.17) is 5.26 Å². The van der Waals surface area contributed by atoms with Crippen molar-refractivity contribution >= 4 is 17.8 Å². The summed E-state index contributed by atoms with van der Waals surface area (Å²) in [7, 11) is 0. The highest BCUT2D eigenvalue weighted by Crippen LogP contribution is 2.17. The van der Waals surface area contributed by atoms with Gasteiger partial charge in [0.2, 0.25) is 5.91 Å². The molecule has 0 aliphatic carbocycles. The Bertz CT molecular complexity index is 619. The molecule has 1 aliphatic rings. The number of carbonyl (C=O) groups excluding carboxylic acids is 2. The van der Waals surface area contributed by atoms with E-state index in [0.29, 0.717) is 44.1 Å². The Labute approximate surface area is 141 Å². The molecule has 3 amide bonds. The number of piperazine rings is 1. The molecule has 8 nitrogen and oxygen atoms in total. The fourth-order valence-corrected chi connectivity index (χ4v) is 2.51. The van der Waals surface area contributed by atoms with Gasteiger partial charge < -0.3 is 10.2 Å². The number of anilines is 1. The number of nitrogens with one attached hydrogen (secondary N) is 2. The molecule has 0 radical (unpaired) electrons. The fraction of sp³-hybridized carbons (Fsp3) is 0.500. The average Bonchev–Trinajstić information content (AvgIpc) is 2.60. The molecule has 0 saturated carbocycles. The number of pyridine rings is 1. The van der Waals surface area contributed by atoms with Gasteiger partial charge in [0.25, 0.3) is 0 Å². The molecule has 1 aromatic rings. The number of amides is 3. The van der Waals surface area contributed by atoms with E-state index in [0.717, 1.165) is 6.42 Å². The van der Waals surface area contributed by atoms with E-state index in [9.17, 15) is 9.59 Å². The maximum atomic E-state index is 11.9. The zero-order valence-electron chi connectivity index (χ0n) is 13.8.